The topological polar surface area (TPSA) is 69.6 Å². The lowest BCUT2D eigenvalue weighted by molar-refractivity contribution is -0.143. The number of nitrogens with one attached hydrogen (secondary N) is 1. The van der Waals surface area contributed by atoms with Gasteiger partial charge in [-0.3, -0.25) is 14.5 Å². The number of hydrogen-bond donors (Lipinski definition) is 2. The second-order valence-electron chi connectivity index (χ2n) is 5.40. The van der Waals surface area contributed by atoms with Crippen LogP contribution in [0.25, 0.3) is 0 Å². The Labute approximate surface area is 132 Å². The summed E-state index contributed by atoms with van der Waals surface area (Å²) in [4.78, 5) is 24.9. The number of amides is 1. The summed E-state index contributed by atoms with van der Waals surface area (Å²) >= 11 is 3.39. The first-order valence-corrected chi connectivity index (χ1v) is 7.76. The predicted molar refractivity (Wildman–Crippen MR) is 84.3 cm³/mol. The summed E-state index contributed by atoms with van der Waals surface area (Å²) < 4.78 is 0.980. The summed E-state index contributed by atoms with van der Waals surface area (Å²) in [6.07, 6.45) is 1.22. The van der Waals surface area contributed by atoms with E-state index < -0.39 is 5.97 Å². The number of anilines is 1. The second kappa shape index (κ2) is 7.04. The van der Waals surface area contributed by atoms with E-state index in [0.717, 1.165) is 15.7 Å². The van der Waals surface area contributed by atoms with Crippen molar-refractivity contribution < 1.29 is 14.7 Å². The summed E-state index contributed by atoms with van der Waals surface area (Å²) in [6, 6.07) is 5.71. The zero-order valence-corrected chi connectivity index (χ0v) is 13.5. The van der Waals surface area contributed by atoms with E-state index in [1.165, 1.54) is 0 Å². The van der Waals surface area contributed by atoms with E-state index in [1.54, 1.807) is 0 Å². The quantitative estimate of drug-likeness (QED) is 0.871. The van der Waals surface area contributed by atoms with Gasteiger partial charge in [-0.25, -0.2) is 0 Å². The van der Waals surface area contributed by atoms with Crippen molar-refractivity contribution in [1.82, 2.24) is 4.90 Å². The molecule has 2 rings (SSSR count). The maximum atomic E-state index is 12.1. The van der Waals surface area contributed by atoms with Gasteiger partial charge in [0.15, 0.2) is 0 Å². The lowest BCUT2D eigenvalue weighted by Gasteiger charge is -2.29. The Morgan fingerprint density at radius 3 is 2.62 bits per heavy atom. The Morgan fingerprint density at radius 2 is 2.05 bits per heavy atom. The van der Waals surface area contributed by atoms with Crippen LogP contribution >= 0.6 is 15.9 Å². The van der Waals surface area contributed by atoms with Crippen LogP contribution in [0.2, 0.25) is 0 Å². The number of rotatable bonds is 4. The van der Waals surface area contributed by atoms with Gasteiger partial charge >= 0.3 is 5.97 Å². The average Bonchev–Trinajstić information content (AvgIpc) is 2.42. The number of carboxylic acid groups (broad SMARTS) is 1. The summed E-state index contributed by atoms with van der Waals surface area (Å²) in [5, 5.41) is 11.9. The lowest BCUT2D eigenvalue weighted by Crippen LogP contribution is -2.40. The molecule has 0 unspecified atom stereocenters. The molecule has 114 valence electrons. The fourth-order valence-corrected chi connectivity index (χ4v) is 2.97. The van der Waals surface area contributed by atoms with Crippen LogP contribution in [-0.4, -0.2) is 41.5 Å². The van der Waals surface area contributed by atoms with Crippen molar-refractivity contribution in [2.45, 2.75) is 19.8 Å². The highest BCUT2D eigenvalue weighted by molar-refractivity contribution is 9.10. The molecule has 1 aliphatic heterocycles. The number of likely N-dealkylation sites (tertiary alicyclic amines) is 1. The third kappa shape index (κ3) is 4.54. The molecule has 6 heteroatoms. The zero-order chi connectivity index (χ0) is 15.4. The number of carboxylic acids is 1. The summed E-state index contributed by atoms with van der Waals surface area (Å²) in [5.74, 6) is -1.06. The molecule has 0 saturated carbocycles. The van der Waals surface area contributed by atoms with Gasteiger partial charge in [0.05, 0.1) is 12.5 Å². The van der Waals surface area contributed by atoms with Crippen LogP contribution in [0.1, 0.15) is 18.4 Å². The first kappa shape index (κ1) is 16.0. The van der Waals surface area contributed by atoms with Crippen LogP contribution in [0.3, 0.4) is 0 Å². The smallest absolute Gasteiger partial charge is 0.306 e. The fourth-order valence-electron chi connectivity index (χ4n) is 2.50. The number of benzene rings is 1. The molecule has 5 nitrogen and oxygen atoms in total. The van der Waals surface area contributed by atoms with Gasteiger partial charge in [0, 0.05) is 10.2 Å². The molecular weight excluding hydrogens is 336 g/mol. The normalized spacial score (nSPS) is 16.7. The molecule has 1 aliphatic rings. The Kier molecular flexibility index (Phi) is 5.36. The largest absolute Gasteiger partial charge is 0.481 e. The van der Waals surface area contributed by atoms with Crippen molar-refractivity contribution in [3.8, 4) is 0 Å². The highest BCUT2D eigenvalue weighted by Crippen LogP contribution is 2.20. The number of aliphatic carboxylic acids is 1. The van der Waals surface area contributed by atoms with Crippen molar-refractivity contribution in [3.63, 3.8) is 0 Å². The maximum absolute atomic E-state index is 12.1. The maximum Gasteiger partial charge on any atom is 0.306 e. The average molecular weight is 355 g/mol. The predicted octanol–water partition coefficient (Wildman–Crippen LogP) is 2.49. The van der Waals surface area contributed by atoms with E-state index in [-0.39, 0.29) is 11.8 Å². The van der Waals surface area contributed by atoms with E-state index in [9.17, 15) is 9.59 Å². The molecule has 0 atom stereocenters. The first-order chi connectivity index (χ1) is 9.95. The van der Waals surface area contributed by atoms with Crippen molar-refractivity contribution in [3.05, 3.63) is 28.2 Å². The molecular formula is C15H19BrN2O3. The number of aryl methyl sites for hydroxylation is 1. The number of piperidine rings is 1. The van der Waals surface area contributed by atoms with Crippen LogP contribution in [0.15, 0.2) is 22.7 Å². The molecule has 1 heterocycles. The van der Waals surface area contributed by atoms with Crippen molar-refractivity contribution in [2.75, 3.05) is 25.0 Å². The molecule has 1 aromatic rings. The van der Waals surface area contributed by atoms with Crippen molar-refractivity contribution >= 4 is 33.5 Å². The van der Waals surface area contributed by atoms with Crippen molar-refractivity contribution in [1.29, 1.82) is 0 Å². The van der Waals surface area contributed by atoms with Gasteiger partial charge in [0.2, 0.25) is 5.91 Å². The van der Waals surface area contributed by atoms with Gasteiger partial charge in [0.1, 0.15) is 0 Å². The van der Waals surface area contributed by atoms with Gasteiger partial charge < -0.3 is 10.4 Å². The molecule has 1 fully saturated rings. The molecule has 1 saturated heterocycles. The summed E-state index contributed by atoms with van der Waals surface area (Å²) in [6.45, 7) is 3.56. The molecule has 0 aliphatic carbocycles. The molecule has 1 amide bonds. The van der Waals surface area contributed by atoms with E-state index in [4.69, 9.17) is 5.11 Å². The van der Waals surface area contributed by atoms with Gasteiger partial charge in [-0.2, -0.15) is 0 Å². The number of carbonyl (C=O) groups is 2. The van der Waals surface area contributed by atoms with Gasteiger partial charge in [0.25, 0.3) is 0 Å². The number of nitrogens with zero attached hydrogens (tertiary/aromatic N) is 1. The van der Waals surface area contributed by atoms with E-state index in [2.05, 4.69) is 21.2 Å². The minimum absolute atomic E-state index is 0.0609. The number of hydrogen-bond acceptors (Lipinski definition) is 3. The minimum atomic E-state index is -0.732. The lowest BCUT2D eigenvalue weighted by atomic mass is 9.97. The van der Waals surface area contributed by atoms with Crippen LogP contribution < -0.4 is 5.32 Å². The van der Waals surface area contributed by atoms with Gasteiger partial charge in [-0.1, -0.05) is 15.9 Å². The van der Waals surface area contributed by atoms with Crippen LogP contribution in [-0.2, 0) is 9.59 Å². The van der Waals surface area contributed by atoms with Crippen LogP contribution in [0.4, 0.5) is 5.69 Å². The van der Waals surface area contributed by atoms with Gasteiger partial charge in [-0.15, -0.1) is 0 Å². The van der Waals surface area contributed by atoms with Crippen LogP contribution in [0.5, 0.6) is 0 Å². The van der Waals surface area contributed by atoms with E-state index in [0.29, 0.717) is 32.5 Å². The monoisotopic (exact) mass is 354 g/mol. The van der Waals surface area contributed by atoms with Crippen molar-refractivity contribution in [2.24, 2.45) is 5.92 Å². The summed E-state index contributed by atoms with van der Waals surface area (Å²) in [7, 11) is 0. The Hall–Kier alpha value is -1.40. The Morgan fingerprint density at radius 1 is 1.38 bits per heavy atom. The molecule has 0 bridgehead atoms. The minimum Gasteiger partial charge on any atom is -0.481 e. The molecule has 1 aromatic carbocycles. The number of carbonyl (C=O) groups excluding carboxylic acids is 1. The third-order valence-corrected chi connectivity index (χ3v) is 4.26. The van der Waals surface area contributed by atoms with Crippen LogP contribution in [0, 0.1) is 12.8 Å². The fraction of sp³-hybridized carbons (Fsp3) is 0.467. The third-order valence-electron chi connectivity index (χ3n) is 3.77. The second-order valence-corrected chi connectivity index (χ2v) is 6.31. The standard InChI is InChI=1S/C15H19BrN2O3/c1-10-8-12(16)2-3-13(10)17-14(19)9-18-6-4-11(5-7-18)15(20)21/h2-3,8,11H,4-7,9H2,1H3,(H,17,19)(H,20,21). The first-order valence-electron chi connectivity index (χ1n) is 6.97. The molecule has 21 heavy (non-hydrogen) atoms. The van der Waals surface area contributed by atoms with E-state index >= 15 is 0 Å². The number of halogens is 1. The molecule has 0 aromatic heterocycles. The SMILES string of the molecule is Cc1cc(Br)ccc1NC(=O)CN1CCC(C(=O)O)CC1. The molecule has 0 radical (unpaired) electrons. The molecule has 2 N–H and O–H groups in total. The Balaban J connectivity index is 1.84. The van der Waals surface area contributed by atoms with Gasteiger partial charge in [-0.05, 0) is 56.6 Å². The molecule has 0 spiro atoms. The zero-order valence-electron chi connectivity index (χ0n) is 11.9. The Bertz CT molecular complexity index is 540. The highest BCUT2D eigenvalue weighted by atomic mass is 79.9. The highest BCUT2D eigenvalue weighted by Gasteiger charge is 2.25. The van der Waals surface area contributed by atoms with E-state index in [1.807, 2.05) is 30.0 Å². The summed E-state index contributed by atoms with van der Waals surface area (Å²) in [5.41, 5.74) is 1.81.